The van der Waals surface area contributed by atoms with Gasteiger partial charge in [0.25, 0.3) is 0 Å². The molecule has 0 heterocycles. The Morgan fingerprint density at radius 2 is 2.08 bits per heavy atom. The first kappa shape index (κ1) is 11.0. The molecule has 68 valence electrons. The molecule has 0 saturated heterocycles. The predicted octanol–water partition coefficient (Wildman–Crippen LogP) is 2.13. The fourth-order valence-electron chi connectivity index (χ4n) is 0.631. The topological polar surface area (TPSA) is 26.3 Å². The van der Waals surface area contributed by atoms with Crippen molar-refractivity contribution >= 4 is 5.97 Å². The van der Waals surface area contributed by atoms with Gasteiger partial charge >= 0.3 is 5.97 Å². The molecule has 0 aromatic carbocycles. The zero-order chi connectivity index (χ0) is 9.23. The average Bonchev–Trinajstić information content (AvgIpc) is 2.09. The standard InChI is InChI=1S/C10H16O2/c1-3-5-6-7-8-10(11)12-9-4-2/h3-6,9H2,1-2H3. The number of carbonyl (C=O) groups is 1. The van der Waals surface area contributed by atoms with E-state index in [1.54, 1.807) is 0 Å². The molecular weight excluding hydrogens is 152 g/mol. The number of rotatable bonds is 4. The molecule has 0 unspecified atom stereocenters. The van der Waals surface area contributed by atoms with E-state index < -0.39 is 5.97 Å². The second kappa shape index (κ2) is 8.13. The van der Waals surface area contributed by atoms with Gasteiger partial charge in [-0.1, -0.05) is 26.2 Å². The van der Waals surface area contributed by atoms with Crippen LogP contribution in [-0.2, 0) is 9.53 Å². The third-order valence-corrected chi connectivity index (χ3v) is 1.28. The van der Waals surface area contributed by atoms with Crippen LogP contribution in [0.4, 0.5) is 0 Å². The minimum absolute atomic E-state index is 0.395. The van der Waals surface area contributed by atoms with E-state index in [0.29, 0.717) is 6.61 Å². The van der Waals surface area contributed by atoms with Crippen LogP contribution < -0.4 is 0 Å². The third-order valence-electron chi connectivity index (χ3n) is 1.28. The molecule has 0 amide bonds. The zero-order valence-corrected chi connectivity index (χ0v) is 7.85. The van der Waals surface area contributed by atoms with Crippen LogP contribution >= 0.6 is 0 Å². The van der Waals surface area contributed by atoms with Crippen LogP contribution in [0, 0.1) is 11.8 Å². The van der Waals surface area contributed by atoms with Crippen molar-refractivity contribution in [3.8, 4) is 11.8 Å². The quantitative estimate of drug-likeness (QED) is 0.278. The van der Waals surface area contributed by atoms with E-state index in [1.165, 1.54) is 0 Å². The molecule has 2 nitrogen and oxygen atoms in total. The fourth-order valence-corrected chi connectivity index (χ4v) is 0.631. The molecule has 0 bridgehead atoms. The van der Waals surface area contributed by atoms with Crippen LogP contribution in [0.5, 0.6) is 0 Å². The summed E-state index contributed by atoms with van der Waals surface area (Å²) in [7, 11) is 0. The van der Waals surface area contributed by atoms with Crippen molar-refractivity contribution in [3.63, 3.8) is 0 Å². The maximum Gasteiger partial charge on any atom is 0.384 e. The van der Waals surface area contributed by atoms with Crippen molar-refractivity contribution in [2.75, 3.05) is 6.61 Å². The van der Waals surface area contributed by atoms with E-state index in [0.717, 1.165) is 25.7 Å². The minimum Gasteiger partial charge on any atom is -0.456 e. The van der Waals surface area contributed by atoms with Crippen LogP contribution in [0.25, 0.3) is 0 Å². The molecule has 0 aliphatic rings. The lowest BCUT2D eigenvalue weighted by Crippen LogP contribution is -2.01. The SMILES string of the molecule is CCCCC#CC(=O)OCCC. The summed E-state index contributed by atoms with van der Waals surface area (Å²) in [5.41, 5.74) is 0. The largest absolute Gasteiger partial charge is 0.456 e. The smallest absolute Gasteiger partial charge is 0.384 e. The van der Waals surface area contributed by atoms with Gasteiger partial charge in [0.2, 0.25) is 0 Å². The van der Waals surface area contributed by atoms with Gasteiger partial charge in [0.05, 0.1) is 6.61 Å². The highest BCUT2D eigenvalue weighted by Gasteiger charge is 1.92. The highest BCUT2D eigenvalue weighted by molar-refractivity contribution is 5.88. The van der Waals surface area contributed by atoms with Gasteiger partial charge in [-0.2, -0.15) is 0 Å². The Morgan fingerprint density at radius 1 is 1.33 bits per heavy atom. The van der Waals surface area contributed by atoms with Crippen molar-refractivity contribution in [3.05, 3.63) is 0 Å². The maximum atomic E-state index is 10.8. The van der Waals surface area contributed by atoms with E-state index in [9.17, 15) is 4.79 Å². The van der Waals surface area contributed by atoms with Gasteiger partial charge in [0.15, 0.2) is 0 Å². The molecule has 0 N–H and O–H groups in total. The summed E-state index contributed by atoms with van der Waals surface area (Å²) in [6, 6.07) is 0. The van der Waals surface area contributed by atoms with Crippen molar-refractivity contribution in [1.82, 2.24) is 0 Å². The van der Waals surface area contributed by atoms with Gasteiger partial charge < -0.3 is 4.74 Å². The first-order chi connectivity index (χ1) is 5.81. The maximum absolute atomic E-state index is 10.8. The van der Waals surface area contributed by atoms with Gasteiger partial charge in [-0.15, -0.1) is 0 Å². The number of hydrogen-bond acceptors (Lipinski definition) is 2. The van der Waals surface area contributed by atoms with E-state index in [2.05, 4.69) is 18.8 Å². The Labute approximate surface area is 74.3 Å². The summed E-state index contributed by atoms with van der Waals surface area (Å²) >= 11 is 0. The molecular formula is C10H16O2. The first-order valence-electron chi connectivity index (χ1n) is 4.46. The molecule has 0 spiro atoms. The van der Waals surface area contributed by atoms with Crippen molar-refractivity contribution in [2.45, 2.75) is 39.5 Å². The third kappa shape index (κ3) is 7.14. The first-order valence-corrected chi connectivity index (χ1v) is 4.46. The highest BCUT2D eigenvalue weighted by Crippen LogP contribution is 1.90. The molecule has 0 aliphatic carbocycles. The lowest BCUT2D eigenvalue weighted by Gasteiger charge is -1.94. The number of carbonyl (C=O) groups excluding carboxylic acids is 1. The summed E-state index contributed by atoms with van der Waals surface area (Å²) in [5, 5.41) is 0. The molecule has 0 atom stereocenters. The molecule has 0 aromatic rings. The molecule has 0 rings (SSSR count). The Morgan fingerprint density at radius 3 is 2.67 bits per heavy atom. The summed E-state index contributed by atoms with van der Waals surface area (Å²) in [4.78, 5) is 10.8. The fraction of sp³-hybridized carbons (Fsp3) is 0.700. The normalized spacial score (nSPS) is 8.50. The molecule has 0 aromatic heterocycles. The van der Waals surface area contributed by atoms with Crippen molar-refractivity contribution in [1.29, 1.82) is 0 Å². The lowest BCUT2D eigenvalue weighted by atomic mass is 10.2. The van der Waals surface area contributed by atoms with Crippen LogP contribution in [0.3, 0.4) is 0 Å². The van der Waals surface area contributed by atoms with Crippen LogP contribution in [0.1, 0.15) is 39.5 Å². The summed E-state index contributed by atoms with van der Waals surface area (Å²) in [5.74, 6) is 4.82. The van der Waals surface area contributed by atoms with E-state index in [4.69, 9.17) is 4.74 Å². The average molecular weight is 168 g/mol. The van der Waals surface area contributed by atoms with Crippen molar-refractivity contribution in [2.24, 2.45) is 0 Å². The molecule has 0 aliphatic heterocycles. The Bertz CT molecular complexity index is 174. The summed E-state index contributed by atoms with van der Waals surface area (Å²) < 4.78 is 4.76. The Balaban J connectivity index is 3.43. The highest BCUT2D eigenvalue weighted by atomic mass is 16.5. The molecule has 12 heavy (non-hydrogen) atoms. The number of hydrogen-bond donors (Lipinski definition) is 0. The van der Waals surface area contributed by atoms with Crippen molar-refractivity contribution < 1.29 is 9.53 Å². The van der Waals surface area contributed by atoms with E-state index in [-0.39, 0.29) is 0 Å². The van der Waals surface area contributed by atoms with Crippen LogP contribution in [-0.4, -0.2) is 12.6 Å². The second-order valence-corrected chi connectivity index (χ2v) is 2.54. The summed E-state index contributed by atoms with van der Waals surface area (Å²) in [6.07, 6.45) is 3.80. The number of esters is 1. The second-order valence-electron chi connectivity index (χ2n) is 2.54. The van der Waals surface area contributed by atoms with E-state index >= 15 is 0 Å². The van der Waals surface area contributed by atoms with Gasteiger partial charge in [-0.05, 0) is 12.8 Å². The summed E-state index contributed by atoms with van der Waals surface area (Å²) in [6.45, 7) is 4.52. The van der Waals surface area contributed by atoms with E-state index in [1.807, 2.05) is 6.92 Å². The predicted molar refractivity (Wildman–Crippen MR) is 48.6 cm³/mol. The zero-order valence-electron chi connectivity index (χ0n) is 7.85. The van der Waals surface area contributed by atoms with Gasteiger partial charge in [0.1, 0.15) is 0 Å². The van der Waals surface area contributed by atoms with Crippen LogP contribution in [0.15, 0.2) is 0 Å². The Hall–Kier alpha value is -0.970. The Kier molecular flexibility index (Phi) is 7.47. The minimum atomic E-state index is -0.395. The van der Waals surface area contributed by atoms with Gasteiger partial charge in [-0.3, -0.25) is 0 Å². The molecule has 2 heteroatoms. The number of unbranched alkanes of at least 4 members (excludes halogenated alkanes) is 2. The molecule has 0 fully saturated rings. The monoisotopic (exact) mass is 168 g/mol. The van der Waals surface area contributed by atoms with Crippen LogP contribution in [0.2, 0.25) is 0 Å². The lowest BCUT2D eigenvalue weighted by molar-refractivity contribution is -0.136. The van der Waals surface area contributed by atoms with Gasteiger partial charge in [-0.25, -0.2) is 4.79 Å². The molecule has 0 saturated carbocycles. The number of ether oxygens (including phenoxy) is 1. The molecule has 0 radical (unpaired) electrons. The van der Waals surface area contributed by atoms with Gasteiger partial charge in [0, 0.05) is 12.3 Å².